The van der Waals surface area contributed by atoms with E-state index in [1.54, 1.807) is 12.1 Å². The van der Waals surface area contributed by atoms with Gasteiger partial charge in [0.05, 0.1) is 0 Å². The van der Waals surface area contributed by atoms with Gasteiger partial charge in [0.15, 0.2) is 5.76 Å². The summed E-state index contributed by atoms with van der Waals surface area (Å²) in [6.07, 6.45) is 0. The third-order valence-electron chi connectivity index (χ3n) is 3.35. The number of thioether (sulfide) groups is 1. The molecule has 6 heteroatoms. The highest BCUT2D eigenvalue weighted by Crippen LogP contribution is 2.20. The van der Waals surface area contributed by atoms with E-state index in [4.69, 9.17) is 9.15 Å². The molecular formula is C16H16BrNO3S. The minimum Gasteiger partial charge on any atom is -0.486 e. The maximum atomic E-state index is 12.3. The van der Waals surface area contributed by atoms with Crippen molar-refractivity contribution in [2.75, 3.05) is 24.6 Å². The smallest absolute Gasteiger partial charge is 0.289 e. The van der Waals surface area contributed by atoms with Crippen LogP contribution < -0.4 is 4.74 Å². The molecule has 1 aliphatic rings. The van der Waals surface area contributed by atoms with Gasteiger partial charge in [0.25, 0.3) is 5.91 Å². The van der Waals surface area contributed by atoms with Crippen LogP contribution in [0.15, 0.2) is 45.3 Å². The van der Waals surface area contributed by atoms with Crippen LogP contribution in [0.2, 0.25) is 0 Å². The first-order valence-corrected chi connectivity index (χ1v) is 9.01. The van der Waals surface area contributed by atoms with Crippen molar-refractivity contribution in [2.45, 2.75) is 6.61 Å². The molecule has 0 bridgehead atoms. The van der Waals surface area contributed by atoms with Gasteiger partial charge in [-0.15, -0.1) is 0 Å². The predicted octanol–water partition coefficient (Wildman–Crippen LogP) is 3.81. The number of carbonyl (C=O) groups excluding carboxylic acids is 1. The highest BCUT2D eigenvalue weighted by molar-refractivity contribution is 9.10. The Morgan fingerprint density at radius 3 is 2.86 bits per heavy atom. The highest BCUT2D eigenvalue weighted by atomic mass is 79.9. The van der Waals surface area contributed by atoms with Gasteiger partial charge in [0.2, 0.25) is 0 Å². The summed E-state index contributed by atoms with van der Waals surface area (Å²) in [6, 6.07) is 11.1. The third kappa shape index (κ3) is 3.87. The highest BCUT2D eigenvalue weighted by Gasteiger charge is 2.21. The van der Waals surface area contributed by atoms with Crippen LogP contribution >= 0.6 is 27.7 Å². The fourth-order valence-corrected chi connectivity index (χ4v) is 3.49. The Labute approximate surface area is 141 Å². The Bertz CT molecular complexity index is 652. The average molecular weight is 382 g/mol. The molecule has 4 nitrogen and oxygen atoms in total. The number of carbonyl (C=O) groups is 1. The normalized spacial score (nSPS) is 14.9. The third-order valence-corrected chi connectivity index (χ3v) is 4.78. The van der Waals surface area contributed by atoms with Gasteiger partial charge in [-0.1, -0.05) is 22.0 Å². The second-order valence-electron chi connectivity index (χ2n) is 4.92. The summed E-state index contributed by atoms with van der Waals surface area (Å²) < 4.78 is 12.2. The molecule has 22 heavy (non-hydrogen) atoms. The number of hydrogen-bond acceptors (Lipinski definition) is 4. The standard InChI is InChI=1S/C16H16BrNO3S/c17-12-2-1-3-13(10-12)20-11-14-4-5-15(21-14)16(19)18-6-8-22-9-7-18/h1-5,10H,6-9,11H2. The number of halogens is 1. The zero-order valence-corrected chi connectivity index (χ0v) is 14.4. The number of hydrogen-bond donors (Lipinski definition) is 0. The van der Waals surface area contributed by atoms with Crippen molar-refractivity contribution in [3.8, 4) is 5.75 Å². The van der Waals surface area contributed by atoms with Crippen LogP contribution in [-0.2, 0) is 6.61 Å². The van der Waals surface area contributed by atoms with Crippen LogP contribution in [0.25, 0.3) is 0 Å². The molecule has 2 heterocycles. The van der Waals surface area contributed by atoms with Gasteiger partial charge in [-0.3, -0.25) is 4.79 Å². The van der Waals surface area contributed by atoms with Gasteiger partial charge < -0.3 is 14.1 Å². The minimum atomic E-state index is -0.0333. The molecular weight excluding hydrogens is 366 g/mol. The Hall–Kier alpha value is -1.40. The molecule has 1 aromatic heterocycles. The first-order chi connectivity index (χ1) is 10.7. The summed E-state index contributed by atoms with van der Waals surface area (Å²) in [5, 5.41) is 0. The monoisotopic (exact) mass is 381 g/mol. The van der Waals surface area contributed by atoms with Crippen molar-refractivity contribution in [1.29, 1.82) is 0 Å². The second-order valence-corrected chi connectivity index (χ2v) is 7.06. The lowest BCUT2D eigenvalue weighted by Gasteiger charge is -2.25. The Kier molecular flexibility index (Phi) is 5.10. The Balaban J connectivity index is 1.60. The lowest BCUT2D eigenvalue weighted by Crippen LogP contribution is -2.37. The molecule has 1 fully saturated rings. The van der Waals surface area contributed by atoms with E-state index in [2.05, 4.69) is 15.9 Å². The summed E-state index contributed by atoms with van der Waals surface area (Å²) in [5.41, 5.74) is 0. The zero-order valence-electron chi connectivity index (χ0n) is 12.0. The molecule has 0 atom stereocenters. The minimum absolute atomic E-state index is 0.0333. The van der Waals surface area contributed by atoms with E-state index in [-0.39, 0.29) is 5.91 Å². The van der Waals surface area contributed by atoms with E-state index >= 15 is 0 Å². The van der Waals surface area contributed by atoms with Crippen LogP contribution in [0.1, 0.15) is 16.3 Å². The van der Waals surface area contributed by atoms with Gasteiger partial charge in [0.1, 0.15) is 18.1 Å². The van der Waals surface area contributed by atoms with E-state index in [0.29, 0.717) is 18.1 Å². The molecule has 1 aromatic carbocycles. The molecule has 0 aliphatic carbocycles. The number of rotatable bonds is 4. The Morgan fingerprint density at radius 1 is 1.27 bits per heavy atom. The van der Waals surface area contributed by atoms with Gasteiger partial charge in [-0.05, 0) is 30.3 Å². The molecule has 2 aromatic rings. The van der Waals surface area contributed by atoms with Gasteiger partial charge in [0, 0.05) is 29.1 Å². The predicted molar refractivity (Wildman–Crippen MR) is 90.4 cm³/mol. The van der Waals surface area contributed by atoms with Crippen LogP contribution in [0.4, 0.5) is 0 Å². The molecule has 0 N–H and O–H groups in total. The first-order valence-electron chi connectivity index (χ1n) is 7.06. The molecule has 0 radical (unpaired) electrons. The van der Waals surface area contributed by atoms with E-state index in [1.807, 2.05) is 40.9 Å². The van der Waals surface area contributed by atoms with Crippen LogP contribution in [0, 0.1) is 0 Å². The van der Waals surface area contributed by atoms with Crippen molar-refractivity contribution in [1.82, 2.24) is 4.90 Å². The topological polar surface area (TPSA) is 42.7 Å². The van der Waals surface area contributed by atoms with Crippen LogP contribution in [0.3, 0.4) is 0 Å². The maximum absolute atomic E-state index is 12.3. The molecule has 0 unspecified atom stereocenters. The van der Waals surface area contributed by atoms with Crippen LogP contribution in [-0.4, -0.2) is 35.4 Å². The van der Waals surface area contributed by atoms with Gasteiger partial charge >= 0.3 is 0 Å². The lowest BCUT2D eigenvalue weighted by molar-refractivity contribution is 0.0736. The summed E-state index contributed by atoms with van der Waals surface area (Å²) in [6.45, 7) is 1.88. The molecule has 1 saturated heterocycles. The molecule has 3 rings (SSSR count). The number of ether oxygens (including phenoxy) is 1. The van der Waals surface area contributed by atoms with Crippen molar-refractivity contribution in [3.63, 3.8) is 0 Å². The van der Waals surface area contributed by atoms with Crippen LogP contribution in [0.5, 0.6) is 5.75 Å². The SMILES string of the molecule is O=C(c1ccc(COc2cccc(Br)c2)o1)N1CCSCC1. The Morgan fingerprint density at radius 2 is 2.09 bits per heavy atom. The number of nitrogens with zero attached hydrogens (tertiary/aromatic N) is 1. The molecule has 1 amide bonds. The summed E-state index contributed by atoms with van der Waals surface area (Å²) in [7, 11) is 0. The maximum Gasteiger partial charge on any atom is 0.289 e. The summed E-state index contributed by atoms with van der Waals surface area (Å²) in [5.74, 6) is 3.74. The van der Waals surface area contributed by atoms with Crippen molar-refractivity contribution in [2.24, 2.45) is 0 Å². The quantitative estimate of drug-likeness (QED) is 0.807. The van der Waals surface area contributed by atoms with E-state index in [0.717, 1.165) is 34.8 Å². The summed E-state index contributed by atoms with van der Waals surface area (Å²) >= 11 is 5.28. The van der Waals surface area contributed by atoms with E-state index < -0.39 is 0 Å². The van der Waals surface area contributed by atoms with Crippen molar-refractivity contribution >= 4 is 33.6 Å². The first kappa shape index (κ1) is 15.5. The molecule has 1 aliphatic heterocycles. The fourth-order valence-electron chi connectivity index (χ4n) is 2.20. The largest absolute Gasteiger partial charge is 0.486 e. The number of benzene rings is 1. The van der Waals surface area contributed by atoms with E-state index in [1.165, 1.54) is 0 Å². The van der Waals surface area contributed by atoms with Crippen molar-refractivity contribution in [3.05, 3.63) is 52.4 Å². The summed E-state index contributed by atoms with van der Waals surface area (Å²) in [4.78, 5) is 14.1. The van der Waals surface area contributed by atoms with Crippen molar-refractivity contribution < 1.29 is 13.9 Å². The molecule has 0 spiro atoms. The van der Waals surface area contributed by atoms with Gasteiger partial charge in [-0.2, -0.15) is 11.8 Å². The second kappa shape index (κ2) is 7.24. The number of furan rings is 1. The molecule has 116 valence electrons. The lowest BCUT2D eigenvalue weighted by atomic mass is 10.3. The zero-order chi connectivity index (χ0) is 15.4. The van der Waals surface area contributed by atoms with Gasteiger partial charge in [-0.25, -0.2) is 0 Å². The average Bonchev–Trinajstić information content (AvgIpc) is 3.02. The fraction of sp³-hybridized carbons (Fsp3) is 0.312. The number of amides is 1. The van der Waals surface area contributed by atoms with E-state index in [9.17, 15) is 4.79 Å². The molecule has 0 saturated carbocycles.